The number of sulfone groups is 1. The summed E-state index contributed by atoms with van der Waals surface area (Å²) in [7, 11) is -1.31. The van der Waals surface area contributed by atoms with Gasteiger partial charge >= 0.3 is 0 Å². The molecule has 1 amide bonds. The van der Waals surface area contributed by atoms with Gasteiger partial charge in [0.25, 0.3) is 5.69 Å². The molecule has 1 aliphatic rings. The number of carbonyl (C=O) groups excluding carboxylic acids is 1. The summed E-state index contributed by atoms with van der Waals surface area (Å²) in [6, 6.07) is 5.78. The van der Waals surface area contributed by atoms with Crippen LogP contribution in [0.25, 0.3) is 0 Å². The Morgan fingerprint density at radius 1 is 1.31 bits per heavy atom. The van der Waals surface area contributed by atoms with Gasteiger partial charge in [-0.05, 0) is 25.8 Å². The van der Waals surface area contributed by atoms with E-state index < -0.39 is 14.8 Å². The molecule has 29 heavy (non-hydrogen) atoms. The molecule has 1 aliphatic heterocycles. The number of amides is 1. The van der Waals surface area contributed by atoms with Crippen molar-refractivity contribution in [2.75, 3.05) is 18.6 Å². The molecule has 1 saturated heterocycles. The monoisotopic (exact) mass is 420 g/mol. The van der Waals surface area contributed by atoms with Crippen LogP contribution in [0, 0.1) is 24.0 Å². The van der Waals surface area contributed by atoms with E-state index in [-0.39, 0.29) is 35.6 Å². The van der Waals surface area contributed by atoms with Gasteiger partial charge in [0, 0.05) is 37.0 Å². The first-order chi connectivity index (χ1) is 13.6. The topological polar surface area (TPSA) is 115 Å². The fraction of sp³-hybridized carbons (Fsp3) is 0.474. The van der Waals surface area contributed by atoms with E-state index in [0.29, 0.717) is 18.5 Å². The van der Waals surface area contributed by atoms with Gasteiger partial charge in [0.15, 0.2) is 9.84 Å². The van der Waals surface area contributed by atoms with Gasteiger partial charge in [0.05, 0.1) is 34.6 Å². The van der Waals surface area contributed by atoms with Crippen molar-refractivity contribution < 1.29 is 18.1 Å². The molecule has 0 bridgehead atoms. The number of likely N-dealkylation sites (N-methyl/N-ethyl adjacent to an activating group) is 1. The predicted molar refractivity (Wildman–Crippen MR) is 107 cm³/mol. The van der Waals surface area contributed by atoms with Crippen LogP contribution in [0.3, 0.4) is 0 Å². The smallest absolute Gasteiger partial charge is 0.269 e. The highest BCUT2D eigenvalue weighted by molar-refractivity contribution is 7.91. The summed E-state index contributed by atoms with van der Waals surface area (Å²) in [6.07, 6.45) is 0.695. The van der Waals surface area contributed by atoms with Crippen LogP contribution in [0.2, 0.25) is 0 Å². The van der Waals surface area contributed by atoms with Gasteiger partial charge in [0.2, 0.25) is 5.91 Å². The summed E-state index contributed by atoms with van der Waals surface area (Å²) in [5.74, 6) is 0.163. The van der Waals surface area contributed by atoms with Crippen LogP contribution in [0.4, 0.5) is 5.69 Å². The second kappa shape index (κ2) is 7.94. The second-order valence-corrected chi connectivity index (χ2v) is 9.73. The number of nitrogens with zero attached hydrogens (tertiary/aromatic N) is 4. The highest BCUT2D eigenvalue weighted by Gasteiger charge is 2.31. The zero-order valence-corrected chi connectivity index (χ0v) is 17.5. The maximum absolute atomic E-state index is 12.6. The number of rotatable bonds is 6. The molecule has 2 aromatic rings. The minimum Gasteiger partial charge on any atom is -0.341 e. The third-order valence-electron chi connectivity index (χ3n) is 5.35. The Balaban J connectivity index is 1.69. The van der Waals surface area contributed by atoms with E-state index in [2.05, 4.69) is 5.10 Å². The quantitative estimate of drug-likeness (QED) is 0.521. The molecule has 1 aromatic heterocycles. The summed E-state index contributed by atoms with van der Waals surface area (Å²) in [6.45, 7) is 4.12. The molecule has 0 saturated carbocycles. The molecular weight excluding hydrogens is 396 g/mol. The molecule has 1 atom stereocenters. The number of hydrogen-bond acceptors (Lipinski definition) is 6. The van der Waals surface area contributed by atoms with E-state index in [1.807, 2.05) is 13.8 Å². The largest absolute Gasteiger partial charge is 0.341 e. The summed E-state index contributed by atoms with van der Waals surface area (Å²) >= 11 is 0. The van der Waals surface area contributed by atoms with Gasteiger partial charge in [-0.1, -0.05) is 12.1 Å². The van der Waals surface area contributed by atoms with E-state index in [1.165, 1.54) is 12.1 Å². The number of nitro benzene ring substituents is 1. The van der Waals surface area contributed by atoms with Crippen molar-refractivity contribution in [2.45, 2.75) is 39.3 Å². The number of nitro groups is 1. The van der Waals surface area contributed by atoms with Crippen molar-refractivity contribution in [2.24, 2.45) is 0 Å². The van der Waals surface area contributed by atoms with Crippen molar-refractivity contribution in [3.8, 4) is 0 Å². The first kappa shape index (κ1) is 21.0. The highest BCUT2D eigenvalue weighted by Crippen LogP contribution is 2.27. The Labute approximate surface area is 169 Å². The maximum Gasteiger partial charge on any atom is 0.269 e. The normalized spacial score (nSPS) is 18.0. The molecule has 0 unspecified atom stereocenters. The highest BCUT2D eigenvalue weighted by atomic mass is 32.2. The molecule has 0 radical (unpaired) electrons. The average molecular weight is 420 g/mol. The Morgan fingerprint density at radius 2 is 1.97 bits per heavy atom. The summed E-state index contributed by atoms with van der Waals surface area (Å²) in [5, 5.41) is 15.3. The Hall–Kier alpha value is -2.75. The van der Waals surface area contributed by atoms with E-state index in [4.69, 9.17) is 0 Å². The zero-order chi connectivity index (χ0) is 21.3. The number of non-ortho nitro benzene ring substituents is 1. The fourth-order valence-electron chi connectivity index (χ4n) is 3.62. The maximum atomic E-state index is 12.6. The predicted octanol–water partition coefficient (Wildman–Crippen LogP) is 1.97. The third-order valence-corrected chi connectivity index (χ3v) is 7.10. The van der Waals surface area contributed by atoms with Gasteiger partial charge in [-0.3, -0.25) is 19.6 Å². The second-order valence-electron chi connectivity index (χ2n) is 7.50. The molecule has 2 heterocycles. The lowest BCUT2D eigenvalue weighted by atomic mass is 10.1. The number of carbonyl (C=O) groups is 1. The van der Waals surface area contributed by atoms with Gasteiger partial charge in [-0.25, -0.2) is 8.42 Å². The van der Waals surface area contributed by atoms with E-state index >= 15 is 0 Å². The van der Waals surface area contributed by atoms with Crippen molar-refractivity contribution in [3.05, 3.63) is 56.9 Å². The van der Waals surface area contributed by atoms with Crippen molar-refractivity contribution in [1.82, 2.24) is 14.7 Å². The summed E-state index contributed by atoms with van der Waals surface area (Å²) < 4.78 is 25.4. The van der Waals surface area contributed by atoms with Crippen LogP contribution < -0.4 is 0 Å². The molecule has 10 heteroatoms. The molecule has 0 spiro atoms. The zero-order valence-electron chi connectivity index (χ0n) is 16.7. The summed E-state index contributed by atoms with van der Waals surface area (Å²) in [5.41, 5.74) is 3.25. The standard InChI is InChI=1S/C19H24N4O5S/c1-13-18(14(2)22(20-13)17-8-9-29(27,28)12-17)11-21(3)19(24)10-15-4-6-16(7-5-15)23(25)26/h4-7,17H,8-12H2,1-3H3/t17-/m0/s1. The number of aryl methyl sites for hydroxylation is 1. The first-order valence-corrected chi connectivity index (χ1v) is 11.1. The Morgan fingerprint density at radius 3 is 2.52 bits per heavy atom. The Kier molecular flexibility index (Phi) is 5.74. The van der Waals surface area contributed by atoms with Crippen LogP contribution in [0.15, 0.2) is 24.3 Å². The van der Waals surface area contributed by atoms with Gasteiger partial charge < -0.3 is 4.90 Å². The molecule has 3 rings (SSSR count). The van der Waals surface area contributed by atoms with Crippen LogP contribution >= 0.6 is 0 Å². The van der Waals surface area contributed by atoms with Crippen LogP contribution in [-0.4, -0.2) is 52.5 Å². The van der Waals surface area contributed by atoms with E-state index in [0.717, 1.165) is 17.0 Å². The number of aromatic nitrogens is 2. The molecule has 156 valence electrons. The van der Waals surface area contributed by atoms with Gasteiger partial charge in [-0.2, -0.15) is 5.10 Å². The molecule has 1 fully saturated rings. The molecule has 0 aliphatic carbocycles. The minimum atomic E-state index is -3.01. The Bertz CT molecular complexity index is 1040. The molecule has 0 N–H and O–H groups in total. The summed E-state index contributed by atoms with van der Waals surface area (Å²) in [4.78, 5) is 24.4. The van der Waals surface area contributed by atoms with Gasteiger partial charge in [-0.15, -0.1) is 0 Å². The number of benzene rings is 1. The van der Waals surface area contributed by atoms with E-state index in [1.54, 1.807) is 28.8 Å². The lowest BCUT2D eigenvalue weighted by molar-refractivity contribution is -0.384. The lowest BCUT2D eigenvalue weighted by Crippen LogP contribution is -2.28. The third kappa shape index (κ3) is 4.64. The van der Waals surface area contributed by atoms with Crippen molar-refractivity contribution >= 4 is 21.4 Å². The van der Waals surface area contributed by atoms with Crippen LogP contribution in [0.1, 0.15) is 35.0 Å². The fourth-order valence-corrected chi connectivity index (χ4v) is 5.31. The number of hydrogen-bond donors (Lipinski definition) is 0. The van der Waals surface area contributed by atoms with Crippen molar-refractivity contribution in [1.29, 1.82) is 0 Å². The molecule has 1 aromatic carbocycles. The van der Waals surface area contributed by atoms with Crippen molar-refractivity contribution in [3.63, 3.8) is 0 Å². The van der Waals surface area contributed by atoms with Crippen LogP contribution in [0.5, 0.6) is 0 Å². The van der Waals surface area contributed by atoms with Crippen LogP contribution in [-0.2, 0) is 27.6 Å². The SMILES string of the molecule is Cc1nn([C@H]2CCS(=O)(=O)C2)c(C)c1CN(C)C(=O)Cc1ccc([N+](=O)[O-])cc1. The average Bonchev–Trinajstić information content (AvgIpc) is 3.15. The van der Waals surface area contributed by atoms with Gasteiger partial charge in [0.1, 0.15) is 0 Å². The molecule has 9 nitrogen and oxygen atoms in total. The first-order valence-electron chi connectivity index (χ1n) is 9.29. The van der Waals surface area contributed by atoms with E-state index in [9.17, 15) is 23.3 Å². The minimum absolute atomic E-state index is 0.0119. The molecular formula is C19H24N4O5S. The lowest BCUT2D eigenvalue weighted by Gasteiger charge is -2.18.